The van der Waals surface area contributed by atoms with Crippen LogP contribution in [0.3, 0.4) is 0 Å². The van der Waals surface area contributed by atoms with Crippen LogP contribution >= 0.6 is 11.8 Å². The van der Waals surface area contributed by atoms with Crippen LogP contribution in [0.4, 0.5) is 5.69 Å². The molecule has 0 heterocycles. The summed E-state index contributed by atoms with van der Waals surface area (Å²) < 4.78 is 0. The molecular formula is C16H16N2O2S. The van der Waals surface area contributed by atoms with E-state index in [1.54, 1.807) is 12.1 Å². The minimum atomic E-state index is -0.433. The van der Waals surface area contributed by atoms with Crippen LogP contribution in [0.25, 0.3) is 0 Å². The Kier molecular flexibility index (Phi) is 5.00. The highest BCUT2D eigenvalue weighted by molar-refractivity contribution is 8.00. The van der Waals surface area contributed by atoms with Gasteiger partial charge in [-0.05, 0) is 29.8 Å². The van der Waals surface area contributed by atoms with Crippen molar-refractivity contribution < 1.29 is 9.59 Å². The molecule has 1 atom stereocenters. The van der Waals surface area contributed by atoms with Gasteiger partial charge in [0.1, 0.15) is 5.25 Å². The van der Waals surface area contributed by atoms with Gasteiger partial charge >= 0.3 is 0 Å². The number of carbonyl (C=O) groups excluding carboxylic acids is 2. The molecule has 21 heavy (non-hydrogen) atoms. The van der Waals surface area contributed by atoms with Crippen molar-refractivity contribution in [2.45, 2.75) is 17.1 Å². The second-order valence-electron chi connectivity index (χ2n) is 4.52. The highest BCUT2D eigenvalue weighted by Gasteiger charge is 2.18. The first-order chi connectivity index (χ1) is 10.1. The predicted octanol–water partition coefficient (Wildman–Crippen LogP) is 2.96. The van der Waals surface area contributed by atoms with Gasteiger partial charge in [0.25, 0.3) is 0 Å². The van der Waals surface area contributed by atoms with Gasteiger partial charge in [0.05, 0.1) is 0 Å². The Bertz CT molecular complexity index is 626. The summed E-state index contributed by atoms with van der Waals surface area (Å²) in [5, 5.41) is 2.27. The second-order valence-corrected chi connectivity index (χ2v) is 5.70. The highest BCUT2D eigenvalue weighted by Crippen LogP contribution is 2.35. The fraction of sp³-hybridized carbons (Fsp3) is 0.125. The van der Waals surface area contributed by atoms with Crippen LogP contribution in [0.5, 0.6) is 0 Å². The van der Waals surface area contributed by atoms with Crippen LogP contribution < -0.4 is 11.1 Å². The van der Waals surface area contributed by atoms with Crippen LogP contribution in [-0.2, 0) is 9.59 Å². The Morgan fingerprint density at radius 1 is 1.05 bits per heavy atom. The molecule has 108 valence electrons. The fourth-order valence-electron chi connectivity index (χ4n) is 1.87. The number of amides is 2. The number of carbonyl (C=O) groups is 2. The average molecular weight is 300 g/mol. The van der Waals surface area contributed by atoms with Crippen LogP contribution in [0.15, 0.2) is 59.5 Å². The largest absolute Gasteiger partial charge is 0.368 e. The third-order valence-electron chi connectivity index (χ3n) is 2.79. The van der Waals surface area contributed by atoms with E-state index in [-0.39, 0.29) is 11.8 Å². The predicted molar refractivity (Wildman–Crippen MR) is 85.0 cm³/mol. The Morgan fingerprint density at radius 3 is 2.19 bits per heavy atom. The molecule has 2 aromatic rings. The number of hydrogen-bond donors (Lipinski definition) is 2. The number of nitrogens with two attached hydrogens (primary N) is 1. The highest BCUT2D eigenvalue weighted by atomic mass is 32.2. The Morgan fingerprint density at radius 2 is 1.67 bits per heavy atom. The van der Waals surface area contributed by atoms with Crippen molar-refractivity contribution in [3.63, 3.8) is 0 Å². The smallest absolute Gasteiger partial charge is 0.235 e. The van der Waals surface area contributed by atoms with E-state index in [0.717, 1.165) is 16.1 Å². The Labute approximate surface area is 127 Å². The molecule has 0 aliphatic carbocycles. The van der Waals surface area contributed by atoms with E-state index in [0.29, 0.717) is 0 Å². The van der Waals surface area contributed by atoms with E-state index < -0.39 is 5.25 Å². The van der Waals surface area contributed by atoms with Gasteiger partial charge in [-0.15, -0.1) is 11.8 Å². The molecule has 0 radical (unpaired) electrons. The first kappa shape index (κ1) is 15.1. The molecule has 0 aromatic heterocycles. The Hall–Kier alpha value is -2.27. The van der Waals surface area contributed by atoms with E-state index in [9.17, 15) is 9.59 Å². The fourth-order valence-corrected chi connectivity index (χ4v) is 2.85. The van der Waals surface area contributed by atoms with Crippen molar-refractivity contribution in [3.05, 3.63) is 60.2 Å². The second kappa shape index (κ2) is 6.95. The lowest BCUT2D eigenvalue weighted by Gasteiger charge is -2.13. The summed E-state index contributed by atoms with van der Waals surface area (Å²) in [7, 11) is 0. The number of hydrogen-bond acceptors (Lipinski definition) is 3. The number of nitrogens with one attached hydrogen (secondary N) is 1. The molecule has 2 aromatic carbocycles. The normalized spacial score (nSPS) is 11.7. The van der Waals surface area contributed by atoms with Crippen molar-refractivity contribution in [2.75, 3.05) is 5.32 Å². The molecule has 2 amide bonds. The summed E-state index contributed by atoms with van der Waals surface area (Å²) in [5.74, 6) is -0.494. The molecule has 0 unspecified atom stereocenters. The molecule has 0 spiro atoms. The summed E-state index contributed by atoms with van der Waals surface area (Å²) in [6.07, 6.45) is 0. The molecular weight excluding hydrogens is 284 g/mol. The van der Waals surface area contributed by atoms with E-state index in [1.165, 1.54) is 18.7 Å². The third kappa shape index (κ3) is 4.36. The quantitative estimate of drug-likeness (QED) is 0.834. The molecule has 2 rings (SSSR count). The SMILES string of the molecule is CC(=O)Nc1ccc(S[C@@H](C(N)=O)c2ccccc2)cc1. The molecule has 0 fully saturated rings. The number of benzene rings is 2. The summed E-state index contributed by atoms with van der Waals surface area (Å²) in [6, 6.07) is 16.7. The lowest BCUT2D eigenvalue weighted by molar-refractivity contribution is -0.117. The van der Waals surface area contributed by atoms with Gasteiger partial charge in [0.2, 0.25) is 11.8 Å². The maximum absolute atomic E-state index is 11.7. The van der Waals surface area contributed by atoms with Crippen molar-refractivity contribution in [1.29, 1.82) is 0 Å². The topological polar surface area (TPSA) is 72.2 Å². The third-order valence-corrected chi connectivity index (χ3v) is 4.07. The summed E-state index contributed by atoms with van der Waals surface area (Å²) in [4.78, 5) is 23.5. The van der Waals surface area contributed by atoms with E-state index >= 15 is 0 Å². The van der Waals surface area contributed by atoms with Gasteiger partial charge in [0.15, 0.2) is 0 Å². The molecule has 0 aliphatic heterocycles. The number of rotatable bonds is 5. The molecule has 0 bridgehead atoms. The molecule has 0 aliphatic rings. The summed E-state index contributed by atoms with van der Waals surface area (Å²) in [5.41, 5.74) is 7.10. The summed E-state index contributed by atoms with van der Waals surface area (Å²) >= 11 is 1.39. The number of primary amides is 1. The number of thioether (sulfide) groups is 1. The minimum Gasteiger partial charge on any atom is -0.368 e. The van der Waals surface area contributed by atoms with Gasteiger partial charge in [-0.3, -0.25) is 9.59 Å². The molecule has 0 saturated carbocycles. The van der Waals surface area contributed by atoms with Crippen LogP contribution in [-0.4, -0.2) is 11.8 Å². The zero-order valence-electron chi connectivity index (χ0n) is 11.6. The maximum atomic E-state index is 11.7. The van der Waals surface area contributed by atoms with Gasteiger partial charge in [-0.2, -0.15) is 0 Å². The van der Waals surface area contributed by atoms with Crippen molar-refractivity contribution in [1.82, 2.24) is 0 Å². The summed E-state index contributed by atoms with van der Waals surface area (Å²) in [6.45, 7) is 1.46. The first-order valence-electron chi connectivity index (χ1n) is 6.45. The maximum Gasteiger partial charge on any atom is 0.235 e. The zero-order chi connectivity index (χ0) is 15.2. The molecule has 3 N–H and O–H groups in total. The van der Waals surface area contributed by atoms with Crippen molar-refractivity contribution in [2.24, 2.45) is 5.73 Å². The van der Waals surface area contributed by atoms with Gasteiger partial charge in [-0.1, -0.05) is 30.3 Å². The van der Waals surface area contributed by atoms with Gasteiger partial charge < -0.3 is 11.1 Å². The monoisotopic (exact) mass is 300 g/mol. The van der Waals surface area contributed by atoms with E-state index in [4.69, 9.17) is 5.73 Å². The Balaban J connectivity index is 2.14. The van der Waals surface area contributed by atoms with E-state index in [1.807, 2.05) is 42.5 Å². The minimum absolute atomic E-state index is 0.116. The molecule has 4 nitrogen and oxygen atoms in total. The zero-order valence-corrected chi connectivity index (χ0v) is 12.4. The lowest BCUT2D eigenvalue weighted by atomic mass is 10.1. The van der Waals surface area contributed by atoms with Crippen LogP contribution in [0.1, 0.15) is 17.7 Å². The lowest BCUT2D eigenvalue weighted by Crippen LogP contribution is -2.18. The molecule has 0 saturated heterocycles. The standard InChI is InChI=1S/C16H16N2O2S/c1-11(19)18-13-7-9-14(10-8-13)21-15(16(17)20)12-5-3-2-4-6-12/h2-10,15H,1H3,(H2,17,20)(H,18,19)/t15-/m1/s1. The molecule has 5 heteroatoms. The average Bonchev–Trinajstić information content (AvgIpc) is 2.46. The number of anilines is 1. The van der Waals surface area contributed by atoms with Crippen LogP contribution in [0, 0.1) is 0 Å². The van der Waals surface area contributed by atoms with Crippen molar-refractivity contribution in [3.8, 4) is 0 Å². The first-order valence-corrected chi connectivity index (χ1v) is 7.33. The van der Waals surface area contributed by atoms with Crippen LogP contribution in [0.2, 0.25) is 0 Å². The van der Waals surface area contributed by atoms with Gasteiger partial charge in [-0.25, -0.2) is 0 Å². The van der Waals surface area contributed by atoms with Gasteiger partial charge in [0, 0.05) is 17.5 Å². The van der Waals surface area contributed by atoms with E-state index in [2.05, 4.69) is 5.32 Å². The van der Waals surface area contributed by atoms with Crippen molar-refractivity contribution >= 4 is 29.3 Å².